The predicted octanol–water partition coefficient (Wildman–Crippen LogP) is -0.580. The minimum Gasteiger partial charge on any atom is -0.378 e. The van der Waals surface area contributed by atoms with E-state index in [1.54, 1.807) is 11.8 Å². The van der Waals surface area contributed by atoms with Gasteiger partial charge in [-0.05, 0) is 0 Å². The van der Waals surface area contributed by atoms with Crippen molar-refractivity contribution >= 4 is 0 Å². The third-order valence-electron chi connectivity index (χ3n) is 1.50. The molecule has 0 radical (unpaired) electrons. The van der Waals surface area contributed by atoms with Gasteiger partial charge in [0, 0.05) is 20.7 Å². The van der Waals surface area contributed by atoms with Crippen molar-refractivity contribution in [1.29, 1.82) is 0 Å². The van der Waals surface area contributed by atoms with Crippen LogP contribution in [0.5, 0.6) is 0 Å². The van der Waals surface area contributed by atoms with E-state index in [2.05, 4.69) is 10.3 Å². The van der Waals surface area contributed by atoms with Crippen LogP contribution in [-0.4, -0.2) is 22.1 Å². The topological polar surface area (TPSA) is 66.0 Å². The van der Waals surface area contributed by atoms with Crippen LogP contribution in [0.25, 0.3) is 0 Å². The predicted molar refractivity (Wildman–Crippen MR) is 39.6 cm³/mol. The van der Waals surface area contributed by atoms with Crippen molar-refractivity contribution in [1.82, 2.24) is 15.0 Å². The van der Waals surface area contributed by atoms with E-state index in [0.717, 1.165) is 11.4 Å². The van der Waals surface area contributed by atoms with Gasteiger partial charge in [-0.1, -0.05) is 5.21 Å². The fourth-order valence-electron chi connectivity index (χ4n) is 0.892. The van der Waals surface area contributed by atoms with Crippen LogP contribution < -0.4 is 5.73 Å². The van der Waals surface area contributed by atoms with Gasteiger partial charge in [-0.25, -0.2) is 4.68 Å². The summed E-state index contributed by atoms with van der Waals surface area (Å²) in [5.41, 5.74) is 7.16. The van der Waals surface area contributed by atoms with E-state index < -0.39 is 0 Å². The van der Waals surface area contributed by atoms with E-state index in [-0.39, 0.29) is 0 Å². The summed E-state index contributed by atoms with van der Waals surface area (Å²) in [6.45, 7) is 0.919. The molecule has 0 aliphatic rings. The number of nitrogens with zero attached hydrogens (tertiary/aromatic N) is 3. The average molecular weight is 156 g/mol. The minimum absolute atomic E-state index is 0.409. The SMILES string of the molecule is COCc1c(CN)nnn1C. The van der Waals surface area contributed by atoms with Crippen LogP contribution in [-0.2, 0) is 24.9 Å². The van der Waals surface area contributed by atoms with Gasteiger partial charge >= 0.3 is 0 Å². The Kier molecular flexibility index (Phi) is 2.56. The molecule has 1 heterocycles. The number of hydrogen-bond donors (Lipinski definition) is 1. The van der Waals surface area contributed by atoms with Gasteiger partial charge in [-0.3, -0.25) is 0 Å². The number of hydrogen-bond acceptors (Lipinski definition) is 4. The molecule has 0 bridgehead atoms. The van der Waals surface area contributed by atoms with E-state index in [1.807, 2.05) is 7.05 Å². The highest BCUT2D eigenvalue weighted by molar-refractivity contribution is 5.07. The maximum Gasteiger partial charge on any atom is 0.102 e. The Labute approximate surface area is 65.1 Å². The molecule has 0 aliphatic carbocycles. The van der Waals surface area contributed by atoms with E-state index in [4.69, 9.17) is 10.5 Å². The van der Waals surface area contributed by atoms with E-state index in [1.165, 1.54) is 0 Å². The van der Waals surface area contributed by atoms with Crippen molar-refractivity contribution in [3.05, 3.63) is 11.4 Å². The molecule has 5 nitrogen and oxygen atoms in total. The molecule has 0 saturated heterocycles. The Morgan fingerprint density at radius 3 is 2.91 bits per heavy atom. The van der Waals surface area contributed by atoms with Crippen LogP contribution in [0.1, 0.15) is 11.4 Å². The third-order valence-corrected chi connectivity index (χ3v) is 1.50. The van der Waals surface area contributed by atoms with Gasteiger partial charge in [-0.15, -0.1) is 5.10 Å². The van der Waals surface area contributed by atoms with Gasteiger partial charge in [-0.2, -0.15) is 0 Å². The monoisotopic (exact) mass is 156 g/mol. The van der Waals surface area contributed by atoms with E-state index in [0.29, 0.717) is 13.2 Å². The van der Waals surface area contributed by atoms with Gasteiger partial charge in [0.2, 0.25) is 0 Å². The normalized spacial score (nSPS) is 10.5. The lowest BCUT2D eigenvalue weighted by Gasteiger charge is -1.99. The van der Waals surface area contributed by atoms with E-state index >= 15 is 0 Å². The number of aromatic nitrogens is 3. The molecule has 5 heteroatoms. The molecular formula is C6H12N4O. The zero-order valence-electron chi connectivity index (χ0n) is 6.74. The lowest BCUT2D eigenvalue weighted by atomic mass is 10.3. The number of methoxy groups -OCH3 is 1. The number of rotatable bonds is 3. The Morgan fingerprint density at radius 1 is 1.64 bits per heavy atom. The second-order valence-corrected chi connectivity index (χ2v) is 2.24. The first-order chi connectivity index (χ1) is 5.29. The van der Waals surface area contributed by atoms with Crippen molar-refractivity contribution in [2.24, 2.45) is 12.8 Å². The summed E-state index contributed by atoms with van der Waals surface area (Å²) >= 11 is 0. The number of ether oxygens (including phenoxy) is 1. The standard InChI is InChI=1S/C6H12N4O/c1-10-6(4-11-2)5(3-7)8-9-10/h3-4,7H2,1-2H3. The van der Waals surface area contributed by atoms with Gasteiger partial charge in [0.15, 0.2) is 0 Å². The summed E-state index contributed by atoms with van der Waals surface area (Å²) < 4.78 is 6.63. The molecule has 0 saturated carbocycles. The van der Waals surface area contributed by atoms with Crippen LogP contribution >= 0.6 is 0 Å². The summed E-state index contributed by atoms with van der Waals surface area (Å²) in [6, 6.07) is 0. The lowest BCUT2D eigenvalue weighted by Crippen LogP contribution is -2.05. The van der Waals surface area contributed by atoms with Crippen molar-refractivity contribution in [3.63, 3.8) is 0 Å². The van der Waals surface area contributed by atoms with Crippen molar-refractivity contribution in [2.45, 2.75) is 13.2 Å². The summed E-state index contributed by atoms with van der Waals surface area (Å²) in [5, 5.41) is 7.67. The molecule has 2 N–H and O–H groups in total. The van der Waals surface area contributed by atoms with Crippen LogP contribution in [0, 0.1) is 0 Å². The second kappa shape index (κ2) is 3.45. The Hall–Kier alpha value is -0.940. The third kappa shape index (κ3) is 1.55. The zero-order chi connectivity index (χ0) is 8.27. The summed E-state index contributed by atoms with van der Waals surface area (Å²) in [5.74, 6) is 0. The van der Waals surface area contributed by atoms with Crippen molar-refractivity contribution < 1.29 is 4.74 Å². The molecule has 0 amide bonds. The molecule has 11 heavy (non-hydrogen) atoms. The first-order valence-electron chi connectivity index (χ1n) is 3.36. The van der Waals surface area contributed by atoms with Crippen molar-refractivity contribution in [2.75, 3.05) is 7.11 Å². The largest absolute Gasteiger partial charge is 0.378 e. The Balaban J connectivity index is 2.88. The molecule has 0 spiro atoms. The van der Waals surface area contributed by atoms with Gasteiger partial charge < -0.3 is 10.5 Å². The van der Waals surface area contributed by atoms with E-state index in [9.17, 15) is 0 Å². The molecule has 0 fully saturated rings. The maximum absolute atomic E-state index is 5.42. The maximum atomic E-state index is 5.42. The fourth-order valence-corrected chi connectivity index (χ4v) is 0.892. The number of aryl methyl sites for hydroxylation is 1. The zero-order valence-corrected chi connectivity index (χ0v) is 6.74. The highest BCUT2D eigenvalue weighted by atomic mass is 16.5. The molecule has 0 unspecified atom stereocenters. The van der Waals surface area contributed by atoms with Gasteiger partial charge in [0.05, 0.1) is 12.3 Å². The van der Waals surface area contributed by atoms with Crippen LogP contribution in [0.4, 0.5) is 0 Å². The summed E-state index contributed by atoms with van der Waals surface area (Å²) in [7, 11) is 3.45. The molecular weight excluding hydrogens is 144 g/mol. The molecule has 0 atom stereocenters. The first-order valence-corrected chi connectivity index (χ1v) is 3.36. The molecule has 62 valence electrons. The van der Waals surface area contributed by atoms with Gasteiger partial charge in [0.1, 0.15) is 5.69 Å². The first kappa shape index (κ1) is 8.16. The smallest absolute Gasteiger partial charge is 0.102 e. The quantitative estimate of drug-likeness (QED) is 0.636. The highest BCUT2D eigenvalue weighted by Gasteiger charge is 2.07. The second-order valence-electron chi connectivity index (χ2n) is 2.24. The minimum atomic E-state index is 0.409. The molecule has 1 aromatic heterocycles. The van der Waals surface area contributed by atoms with Crippen LogP contribution in [0.3, 0.4) is 0 Å². The summed E-state index contributed by atoms with van der Waals surface area (Å²) in [6.07, 6.45) is 0. The molecule has 0 aliphatic heterocycles. The molecule has 1 rings (SSSR count). The van der Waals surface area contributed by atoms with Crippen LogP contribution in [0.15, 0.2) is 0 Å². The van der Waals surface area contributed by atoms with Gasteiger partial charge in [0.25, 0.3) is 0 Å². The van der Waals surface area contributed by atoms with Crippen molar-refractivity contribution in [3.8, 4) is 0 Å². The lowest BCUT2D eigenvalue weighted by molar-refractivity contribution is 0.177. The number of nitrogens with two attached hydrogens (primary N) is 1. The fraction of sp³-hybridized carbons (Fsp3) is 0.667. The molecule has 1 aromatic rings. The molecule has 0 aromatic carbocycles. The van der Waals surface area contributed by atoms with Crippen LogP contribution in [0.2, 0.25) is 0 Å². The summed E-state index contributed by atoms with van der Waals surface area (Å²) in [4.78, 5) is 0. The Morgan fingerprint density at radius 2 is 2.36 bits per heavy atom. The average Bonchev–Trinajstić information content (AvgIpc) is 2.34. The highest BCUT2D eigenvalue weighted by Crippen LogP contribution is 2.03. The Bertz CT molecular complexity index is 232.